The first-order valence-corrected chi connectivity index (χ1v) is 7.96. The van der Waals surface area contributed by atoms with Gasteiger partial charge in [-0.3, -0.25) is 4.98 Å². The maximum atomic E-state index is 10.0. The number of anilines is 1. The predicted octanol–water partition coefficient (Wildman–Crippen LogP) is 3.82. The lowest BCUT2D eigenvalue weighted by atomic mass is 10.1. The summed E-state index contributed by atoms with van der Waals surface area (Å²) < 4.78 is 0. The number of pyridine rings is 2. The standard InChI is InChI=1S/C17H15N3OS/c1-22-15-9-13(12-6-2-3-7-14(12)21)20-17(18)16(15)11-5-4-8-19-10-11/h2-10,21H,1H3,(H2,18,20). The summed E-state index contributed by atoms with van der Waals surface area (Å²) in [5, 5.41) is 10.0. The third-order valence-electron chi connectivity index (χ3n) is 3.36. The number of nitrogen functional groups attached to an aromatic ring is 1. The van der Waals surface area contributed by atoms with Crippen LogP contribution in [0.1, 0.15) is 0 Å². The molecule has 0 amide bonds. The topological polar surface area (TPSA) is 72.0 Å². The van der Waals surface area contributed by atoms with Crippen molar-refractivity contribution in [3.05, 3.63) is 54.9 Å². The fraction of sp³-hybridized carbons (Fsp3) is 0.0588. The van der Waals surface area contributed by atoms with E-state index in [1.54, 1.807) is 36.3 Å². The summed E-state index contributed by atoms with van der Waals surface area (Å²) in [6.07, 6.45) is 5.48. The average Bonchev–Trinajstić information content (AvgIpc) is 2.55. The van der Waals surface area contributed by atoms with Crippen molar-refractivity contribution >= 4 is 17.6 Å². The molecule has 110 valence electrons. The van der Waals surface area contributed by atoms with E-state index in [0.29, 0.717) is 17.1 Å². The summed E-state index contributed by atoms with van der Waals surface area (Å²) in [5.41, 5.74) is 9.32. The highest BCUT2D eigenvalue weighted by molar-refractivity contribution is 7.98. The number of nitrogens with two attached hydrogens (primary N) is 1. The van der Waals surface area contributed by atoms with Gasteiger partial charge in [0.05, 0.1) is 5.69 Å². The van der Waals surface area contributed by atoms with Crippen molar-refractivity contribution < 1.29 is 5.11 Å². The molecule has 2 aromatic heterocycles. The van der Waals surface area contributed by atoms with Gasteiger partial charge in [0.25, 0.3) is 0 Å². The third kappa shape index (κ3) is 2.63. The van der Waals surface area contributed by atoms with Gasteiger partial charge in [-0.15, -0.1) is 11.8 Å². The van der Waals surface area contributed by atoms with Crippen molar-refractivity contribution in [1.82, 2.24) is 9.97 Å². The smallest absolute Gasteiger partial charge is 0.133 e. The fourth-order valence-electron chi connectivity index (χ4n) is 2.33. The molecule has 0 aliphatic heterocycles. The Kier molecular flexibility index (Phi) is 3.98. The Labute approximate surface area is 133 Å². The van der Waals surface area contributed by atoms with E-state index in [9.17, 15) is 5.11 Å². The summed E-state index contributed by atoms with van der Waals surface area (Å²) in [6, 6.07) is 12.9. The van der Waals surface area contributed by atoms with Gasteiger partial charge in [-0.25, -0.2) is 4.98 Å². The number of aromatic hydroxyl groups is 1. The van der Waals surface area contributed by atoms with Crippen LogP contribution in [0.4, 0.5) is 5.82 Å². The van der Waals surface area contributed by atoms with Crippen molar-refractivity contribution in [1.29, 1.82) is 0 Å². The molecule has 0 atom stereocenters. The maximum absolute atomic E-state index is 10.0. The van der Waals surface area contributed by atoms with Crippen LogP contribution < -0.4 is 5.73 Å². The highest BCUT2D eigenvalue weighted by Crippen LogP contribution is 2.38. The summed E-state index contributed by atoms with van der Waals surface area (Å²) in [4.78, 5) is 9.60. The Bertz CT molecular complexity index is 806. The number of phenolic OH excluding ortho intramolecular Hbond substituents is 1. The van der Waals surface area contributed by atoms with E-state index in [4.69, 9.17) is 5.73 Å². The molecule has 22 heavy (non-hydrogen) atoms. The van der Waals surface area contributed by atoms with Crippen LogP contribution in [0.3, 0.4) is 0 Å². The molecule has 3 aromatic rings. The predicted molar refractivity (Wildman–Crippen MR) is 90.8 cm³/mol. The monoisotopic (exact) mass is 309 g/mol. The Balaban J connectivity index is 2.19. The minimum Gasteiger partial charge on any atom is -0.507 e. The third-order valence-corrected chi connectivity index (χ3v) is 4.12. The molecular weight excluding hydrogens is 294 g/mol. The fourth-order valence-corrected chi connectivity index (χ4v) is 2.99. The molecule has 0 aliphatic carbocycles. The Morgan fingerprint density at radius 2 is 1.95 bits per heavy atom. The van der Waals surface area contributed by atoms with Crippen LogP contribution in [0, 0.1) is 0 Å². The zero-order valence-electron chi connectivity index (χ0n) is 12.0. The van der Waals surface area contributed by atoms with Crippen LogP contribution in [0.25, 0.3) is 22.4 Å². The molecule has 3 rings (SSSR count). The van der Waals surface area contributed by atoms with Gasteiger partial charge in [0.15, 0.2) is 0 Å². The van der Waals surface area contributed by atoms with Gasteiger partial charge in [-0.1, -0.05) is 18.2 Å². The van der Waals surface area contributed by atoms with Crippen molar-refractivity contribution in [2.75, 3.05) is 12.0 Å². The van der Waals surface area contributed by atoms with E-state index in [1.165, 1.54) is 0 Å². The Hall–Kier alpha value is -2.53. The minimum absolute atomic E-state index is 0.190. The highest BCUT2D eigenvalue weighted by atomic mass is 32.2. The van der Waals surface area contributed by atoms with Crippen molar-refractivity contribution in [2.45, 2.75) is 4.90 Å². The quantitative estimate of drug-likeness (QED) is 0.720. The van der Waals surface area contributed by atoms with E-state index in [2.05, 4.69) is 9.97 Å². The van der Waals surface area contributed by atoms with Crippen LogP contribution >= 0.6 is 11.8 Å². The number of para-hydroxylation sites is 1. The number of nitrogens with zero attached hydrogens (tertiary/aromatic N) is 2. The normalized spacial score (nSPS) is 10.6. The molecular formula is C17H15N3OS. The van der Waals surface area contributed by atoms with Gasteiger partial charge >= 0.3 is 0 Å². The SMILES string of the molecule is CSc1cc(-c2ccccc2O)nc(N)c1-c1cccnc1. The number of hydrogen-bond donors (Lipinski definition) is 2. The molecule has 0 saturated carbocycles. The molecule has 0 radical (unpaired) electrons. The van der Waals surface area contributed by atoms with E-state index < -0.39 is 0 Å². The number of rotatable bonds is 3. The molecule has 5 heteroatoms. The van der Waals surface area contributed by atoms with Gasteiger partial charge < -0.3 is 10.8 Å². The first kappa shape index (κ1) is 14.4. The number of thioether (sulfide) groups is 1. The molecule has 0 fully saturated rings. The molecule has 0 spiro atoms. The van der Waals surface area contributed by atoms with Gasteiger partial charge in [0.2, 0.25) is 0 Å². The van der Waals surface area contributed by atoms with Crippen molar-refractivity contribution in [3.63, 3.8) is 0 Å². The van der Waals surface area contributed by atoms with Crippen LogP contribution in [0.2, 0.25) is 0 Å². The van der Waals surface area contributed by atoms with Crippen LogP contribution in [0.5, 0.6) is 5.75 Å². The lowest BCUT2D eigenvalue weighted by Gasteiger charge is -2.13. The second-order valence-electron chi connectivity index (χ2n) is 4.73. The molecule has 0 aliphatic rings. The van der Waals surface area contributed by atoms with Gasteiger partial charge in [0.1, 0.15) is 11.6 Å². The lowest BCUT2D eigenvalue weighted by molar-refractivity contribution is 0.477. The number of hydrogen-bond acceptors (Lipinski definition) is 5. The van der Waals surface area contributed by atoms with Gasteiger partial charge in [0, 0.05) is 34.0 Å². The van der Waals surface area contributed by atoms with E-state index in [-0.39, 0.29) is 5.75 Å². The zero-order chi connectivity index (χ0) is 15.5. The highest BCUT2D eigenvalue weighted by Gasteiger charge is 2.14. The largest absolute Gasteiger partial charge is 0.507 e. The average molecular weight is 309 g/mol. The Morgan fingerprint density at radius 1 is 1.14 bits per heavy atom. The van der Waals surface area contributed by atoms with E-state index in [0.717, 1.165) is 16.0 Å². The summed E-state index contributed by atoms with van der Waals surface area (Å²) in [6.45, 7) is 0. The zero-order valence-corrected chi connectivity index (χ0v) is 12.8. The van der Waals surface area contributed by atoms with Crippen LogP contribution in [-0.4, -0.2) is 21.3 Å². The van der Waals surface area contributed by atoms with Crippen LogP contribution in [0.15, 0.2) is 59.8 Å². The Morgan fingerprint density at radius 3 is 2.64 bits per heavy atom. The second-order valence-corrected chi connectivity index (χ2v) is 5.58. The van der Waals surface area contributed by atoms with Crippen LogP contribution in [-0.2, 0) is 0 Å². The lowest BCUT2D eigenvalue weighted by Crippen LogP contribution is -1.99. The van der Waals surface area contributed by atoms with Gasteiger partial charge in [-0.2, -0.15) is 0 Å². The molecule has 0 saturated heterocycles. The first-order valence-electron chi connectivity index (χ1n) is 6.74. The van der Waals surface area contributed by atoms with Crippen molar-refractivity contribution in [2.24, 2.45) is 0 Å². The summed E-state index contributed by atoms with van der Waals surface area (Å²) in [7, 11) is 0. The molecule has 0 unspecified atom stereocenters. The molecule has 2 heterocycles. The summed E-state index contributed by atoms with van der Waals surface area (Å²) in [5.74, 6) is 0.619. The maximum Gasteiger partial charge on any atom is 0.133 e. The van der Waals surface area contributed by atoms with E-state index in [1.807, 2.05) is 36.6 Å². The molecule has 0 bridgehead atoms. The van der Waals surface area contributed by atoms with Crippen molar-refractivity contribution in [3.8, 4) is 28.1 Å². The molecule has 3 N–H and O–H groups in total. The second kappa shape index (κ2) is 6.07. The summed E-state index contributed by atoms with van der Waals surface area (Å²) >= 11 is 1.59. The van der Waals surface area contributed by atoms with E-state index >= 15 is 0 Å². The molecule has 1 aromatic carbocycles. The first-order chi connectivity index (χ1) is 10.7. The number of benzene rings is 1. The number of aromatic nitrogens is 2. The van der Waals surface area contributed by atoms with Gasteiger partial charge in [-0.05, 0) is 30.5 Å². The molecule has 4 nitrogen and oxygen atoms in total. The minimum atomic E-state index is 0.190. The number of phenols is 1.